The molecule has 108 valence electrons. The molecule has 5 nitrogen and oxygen atoms in total. The normalized spacial score (nSPS) is 19.9. The van der Waals surface area contributed by atoms with Crippen molar-refractivity contribution < 1.29 is 9.47 Å². The molecule has 0 amide bonds. The molecule has 1 saturated heterocycles. The molecule has 0 aliphatic carbocycles. The van der Waals surface area contributed by atoms with Gasteiger partial charge in [0, 0.05) is 38.2 Å². The van der Waals surface area contributed by atoms with E-state index in [1.807, 2.05) is 6.92 Å². The molecule has 1 aromatic rings. The Hall–Kier alpha value is -0.690. The van der Waals surface area contributed by atoms with Gasteiger partial charge in [-0.15, -0.1) is 11.3 Å². The summed E-state index contributed by atoms with van der Waals surface area (Å²) in [5.74, 6) is 0. The van der Waals surface area contributed by atoms with Crippen LogP contribution in [0.2, 0.25) is 0 Å². The molecule has 0 radical (unpaired) electrons. The first-order valence-electron chi connectivity index (χ1n) is 6.82. The van der Waals surface area contributed by atoms with Crippen LogP contribution in [0.15, 0.2) is 0 Å². The van der Waals surface area contributed by atoms with E-state index in [2.05, 4.69) is 9.88 Å². The van der Waals surface area contributed by atoms with Crippen LogP contribution in [0.25, 0.3) is 0 Å². The monoisotopic (exact) mass is 285 g/mol. The van der Waals surface area contributed by atoms with E-state index in [-0.39, 0.29) is 0 Å². The van der Waals surface area contributed by atoms with Gasteiger partial charge >= 0.3 is 0 Å². The number of hydrogen-bond donors (Lipinski definition) is 1. The molecular weight excluding hydrogens is 262 g/mol. The molecule has 0 spiro atoms. The van der Waals surface area contributed by atoms with Crippen molar-refractivity contribution in [1.29, 1.82) is 0 Å². The fourth-order valence-corrected chi connectivity index (χ4v) is 3.37. The van der Waals surface area contributed by atoms with E-state index >= 15 is 0 Å². The molecule has 2 heterocycles. The summed E-state index contributed by atoms with van der Waals surface area (Å²) in [6.45, 7) is 5.86. The lowest BCUT2D eigenvalue weighted by molar-refractivity contribution is 0.0526. The maximum atomic E-state index is 5.77. The number of nitrogens with zero attached hydrogens (tertiary/aromatic N) is 2. The maximum absolute atomic E-state index is 5.77. The number of rotatable bonds is 6. The molecule has 0 aromatic carbocycles. The first-order valence-corrected chi connectivity index (χ1v) is 7.64. The highest BCUT2D eigenvalue weighted by molar-refractivity contribution is 7.15. The smallest absolute Gasteiger partial charge is 0.186 e. The average molecular weight is 285 g/mol. The second-order valence-electron chi connectivity index (χ2n) is 4.67. The molecule has 1 aliphatic heterocycles. The largest absolute Gasteiger partial charge is 0.378 e. The quantitative estimate of drug-likeness (QED) is 0.863. The van der Waals surface area contributed by atoms with Crippen molar-refractivity contribution in [3.63, 3.8) is 0 Å². The lowest BCUT2D eigenvalue weighted by Crippen LogP contribution is -2.39. The van der Waals surface area contributed by atoms with Crippen LogP contribution >= 0.6 is 11.3 Å². The van der Waals surface area contributed by atoms with Crippen LogP contribution in [0.4, 0.5) is 5.13 Å². The van der Waals surface area contributed by atoms with Crippen LogP contribution < -0.4 is 10.6 Å². The van der Waals surface area contributed by atoms with Crippen LogP contribution in [0.1, 0.15) is 30.3 Å². The van der Waals surface area contributed by atoms with Gasteiger partial charge in [-0.3, -0.25) is 0 Å². The summed E-state index contributed by atoms with van der Waals surface area (Å²) in [7, 11) is 1.69. The van der Waals surface area contributed by atoms with E-state index < -0.39 is 0 Å². The zero-order chi connectivity index (χ0) is 13.7. The molecule has 2 N–H and O–H groups in total. The first-order chi connectivity index (χ1) is 9.28. The van der Waals surface area contributed by atoms with Gasteiger partial charge in [0.15, 0.2) is 5.13 Å². The Morgan fingerprint density at radius 2 is 2.37 bits per heavy atom. The first kappa shape index (κ1) is 14.7. The Balaban J connectivity index is 2.07. The van der Waals surface area contributed by atoms with Crippen LogP contribution in [-0.4, -0.2) is 37.9 Å². The van der Waals surface area contributed by atoms with Gasteiger partial charge < -0.3 is 20.1 Å². The van der Waals surface area contributed by atoms with Gasteiger partial charge in [-0.25, -0.2) is 4.98 Å². The molecule has 1 fully saturated rings. The highest BCUT2D eigenvalue weighted by atomic mass is 32.1. The molecule has 1 unspecified atom stereocenters. The predicted molar refractivity (Wildman–Crippen MR) is 77.6 cm³/mol. The summed E-state index contributed by atoms with van der Waals surface area (Å²) in [5, 5.41) is 1.05. The molecular formula is C13H23N3O2S. The summed E-state index contributed by atoms with van der Waals surface area (Å²) in [6.07, 6.45) is 2.63. The number of aromatic nitrogens is 1. The topological polar surface area (TPSA) is 60.6 Å². The molecule has 19 heavy (non-hydrogen) atoms. The van der Waals surface area contributed by atoms with Crippen LogP contribution in [0.5, 0.6) is 0 Å². The van der Waals surface area contributed by atoms with E-state index in [1.165, 1.54) is 0 Å². The second kappa shape index (κ2) is 7.19. The summed E-state index contributed by atoms with van der Waals surface area (Å²) in [4.78, 5) is 8.11. The zero-order valence-corrected chi connectivity index (χ0v) is 12.5. The van der Waals surface area contributed by atoms with Gasteiger partial charge in [-0.05, 0) is 19.8 Å². The highest BCUT2D eigenvalue weighted by Gasteiger charge is 2.23. The molecule has 0 bridgehead atoms. The summed E-state index contributed by atoms with van der Waals surface area (Å²) in [5.41, 5.74) is 6.75. The maximum Gasteiger partial charge on any atom is 0.186 e. The zero-order valence-electron chi connectivity index (χ0n) is 11.7. The van der Waals surface area contributed by atoms with Crippen LogP contribution in [-0.2, 0) is 22.6 Å². The number of piperidine rings is 1. The van der Waals surface area contributed by atoms with Gasteiger partial charge in [0.1, 0.15) is 0 Å². The van der Waals surface area contributed by atoms with Crippen molar-refractivity contribution in [2.45, 2.75) is 39.0 Å². The van der Waals surface area contributed by atoms with E-state index in [0.717, 1.165) is 48.2 Å². The summed E-state index contributed by atoms with van der Waals surface area (Å²) < 4.78 is 10.9. The van der Waals surface area contributed by atoms with Gasteiger partial charge in [-0.2, -0.15) is 0 Å². The third-order valence-electron chi connectivity index (χ3n) is 3.28. The van der Waals surface area contributed by atoms with Crippen molar-refractivity contribution >= 4 is 16.5 Å². The van der Waals surface area contributed by atoms with E-state index in [1.54, 1.807) is 18.4 Å². The Kier molecular flexibility index (Phi) is 5.57. The van der Waals surface area contributed by atoms with Crippen molar-refractivity contribution in [1.82, 2.24) is 4.98 Å². The molecule has 1 atom stereocenters. The van der Waals surface area contributed by atoms with Crippen LogP contribution in [0, 0.1) is 0 Å². The average Bonchev–Trinajstić information content (AvgIpc) is 2.83. The van der Waals surface area contributed by atoms with Gasteiger partial charge in [-0.1, -0.05) is 0 Å². The number of nitrogens with two attached hydrogens (primary N) is 1. The molecule has 2 rings (SSSR count). The minimum atomic E-state index is 0.329. The third-order valence-corrected chi connectivity index (χ3v) is 4.47. The van der Waals surface area contributed by atoms with E-state index in [4.69, 9.17) is 15.2 Å². The highest BCUT2D eigenvalue weighted by Crippen LogP contribution is 2.29. The number of anilines is 1. The SMILES string of the molecule is CCOC1CCCN(c2nc(COC)c(CN)s2)C1. The minimum absolute atomic E-state index is 0.329. The fraction of sp³-hybridized carbons (Fsp3) is 0.769. The molecule has 1 aromatic heterocycles. The third kappa shape index (κ3) is 3.66. The predicted octanol–water partition coefficient (Wildman–Crippen LogP) is 1.75. The summed E-state index contributed by atoms with van der Waals surface area (Å²) in [6, 6.07) is 0. The van der Waals surface area contributed by atoms with Gasteiger partial charge in [0.05, 0.1) is 18.4 Å². The Morgan fingerprint density at radius 3 is 3.05 bits per heavy atom. The molecule has 6 heteroatoms. The van der Waals surface area contributed by atoms with E-state index in [9.17, 15) is 0 Å². The van der Waals surface area contributed by atoms with Crippen molar-refractivity contribution in [3.05, 3.63) is 10.6 Å². The lowest BCUT2D eigenvalue weighted by atomic mass is 10.1. The van der Waals surface area contributed by atoms with E-state index in [0.29, 0.717) is 19.3 Å². The molecule has 0 saturated carbocycles. The molecule has 1 aliphatic rings. The van der Waals surface area contributed by atoms with Crippen molar-refractivity contribution in [3.8, 4) is 0 Å². The Labute approximate surface area is 118 Å². The fourth-order valence-electron chi connectivity index (χ4n) is 2.40. The standard InChI is InChI=1S/C13H23N3O2S/c1-3-18-10-5-4-6-16(8-10)13-15-11(9-17-2)12(7-14)19-13/h10H,3-9,14H2,1-2H3. The second-order valence-corrected chi connectivity index (χ2v) is 5.73. The van der Waals surface area contributed by atoms with Gasteiger partial charge in [0.25, 0.3) is 0 Å². The van der Waals surface area contributed by atoms with Crippen molar-refractivity contribution in [2.75, 3.05) is 31.7 Å². The number of thiazole rings is 1. The minimum Gasteiger partial charge on any atom is -0.378 e. The summed E-state index contributed by atoms with van der Waals surface area (Å²) >= 11 is 1.68. The number of hydrogen-bond acceptors (Lipinski definition) is 6. The van der Waals surface area contributed by atoms with Crippen LogP contribution in [0.3, 0.4) is 0 Å². The Morgan fingerprint density at radius 1 is 1.53 bits per heavy atom. The van der Waals surface area contributed by atoms with Crippen molar-refractivity contribution in [2.24, 2.45) is 5.73 Å². The number of methoxy groups -OCH3 is 1. The van der Waals surface area contributed by atoms with Gasteiger partial charge in [0.2, 0.25) is 0 Å². The lowest BCUT2D eigenvalue weighted by Gasteiger charge is -2.32. The number of ether oxygens (including phenoxy) is 2. The Bertz CT molecular complexity index is 395.